The van der Waals surface area contributed by atoms with Gasteiger partial charge in [-0.05, 0) is 18.6 Å². The number of primary amides is 1. The molecule has 0 aliphatic heterocycles. The molecular weight excluding hydrogens is 256 g/mol. The highest BCUT2D eigenvalue weighted by molar-refractivity contribution is 5.88. The van der Waals surface area contributed by atoms with E-state index in [4.69, 9.17) is 5.73 Å². The van der Waals surface area contributed by atoms with Gasteiger partial charge in [-0.15, -0.1) is 0 Å². The van der Waals surface area contributed by atoms with Crippen molar-refractivity contribution in [1.82, 2.24) is 15.1 Å². The van der Waals surface area contributed by atoms with Gasteiger partial charge >= 0.3 is 0 Å². The Bertz CT molecular complexity index is 580. The fraction of sp³-hybridized carbons (Fsp3) is 0.214. The van der Waals surface area contributed by atoms with E-state index in [2.05, 4.69) is 10.4 Å². The van der Waals surface area contributed by atoms with Gasteiger partial charge in [-0.2, -0.15) is 5.10 Å². The normalized spacial score (nSPS) is 13.4. The molecule has 2 unspecified atom stereocenters. The summed E-state index contributed by atoms with van der Waals surface area (Å²) in [6.07, 6.45) is 3.28. The van der Waals surface area contributed by atoms with Crippen molar-refractivity contribution in [3.8, 4) is 0 Å². The Morgan fingerprint density at radius 3 is 2.50 bits per heavy atom. The molecule has 104 valence electrons. The smallest absolute Gasteiger partial charge is 0.245 e. The second kappa shape index (κ2) is 6.01. The molecule has 6 heteroatoms. The quantitative estimate of drug-likeness (QED) is 0.843. The van der Waals surface area contributed by atoms with Crippen LogP contribution < -0.4 is 11.1 Å². The number of nitrogens with one attached hydrogen (secondary N) is 1. The summed E-state index contributed by atoms with van der Waals surface area (Å²) in [7, 11) is 0. The van der Waals surface area contributed by atoms with Gasteiger partial charge in [-0.3, -0.25) is 14.3 Å². The molecule has 2 aromatic rings. The van der Waals surface area contributed by atoms with Gasteiger partial charge in [0.05, 0.1) is 0 Å². The molecule has 0 radical (unpaired) electrons. The highest BCUT2D eigenvalue weighted by Crippen LogP contribution is 2.14. The van der Waals surface area contributed by atoms with Crippen LogP contribution >= 0.6 is 0 Å². The number of nitrogens with two attached hydrogens (primary N) is 1. The van der Waals surface area contributed by atoms with Gasteiger partial charge in [0.2, 0.25) is 11.8 Å². The lowest BCUT2D eigenvalue weighted by Gasteiger charge is -2.19. The standard InChI is InChI=1S/C14H16N4O2/c1-10(18-9-5-8-16-18)14(20)17-12(13(15)19)11-6-3-2-4-7-11/h2-10,12H,1H3,(H2,15,19)(H,17,20). The van der Waals surface area contributed by atoms with Crippen molar-refractivity contribution in [1.29, 1.82) is 0 Å². The third-order valence-electron chi connectivity index (χ3n) is 3.01. The molecule has 20 heavy (non-hydrogen) atoms. The van der Waals surface area contributed by atoms with Crippen molar-refractivity contribution >= 4 is 11.8 Å². The van der Waals surface area contributed by atoms with Crippen LogP contribution in [-0.4, -0.2) is 21.6 Å². The first-order valence-electron chi connectivity index (χ1n) is 6.23. The van der Waals surface area contributed by atoms with Gasteiger partial charge in [-0.25, -0.2) is 0 Å². The van der Waals surface area contributed by atoms with E-state index in [0.29, 0.717) is 5.56 Å². The van der Waals surface area contributed by atoms with Gasteiger partial charge < -0.3 is 11.1 Å². The van der Waals surface area contributed by atoms with E-state index in [1.165, 1.54) is 4.68 Å². The number of nitrogens with zero attached hydrogens (tertiary/aromatic N) is 2. The van der Waals surface area contributed by atoms with Crippen molar-refractivity contribution in [3.05, 3.63) is 54.4 Å². The number of carbonyl (C=O) groups excluding carboxylic acids is 2. The van der Waals surface area contributed by atoms with Crippen molar-refractivity contribution in [2.45, 2.75) is 19.0 Å². The molecule has 0 fully saturated rings. The molecule has 2 amide bonds. The number of hydrogen-bond acceptors (Lipinski definition) is 3. The molecule has 0 aliphatic rings. The summed E-state index contributed by atoms with van der Waals surface area (Å²) in [4.78, 5) is 23.7. The predicted octanol–water partition coefficient (Wildman–Crippen LogP) is 0.787. The highest BCUT2D eigenvalue weighted by Gasteiger charge is 2.23. The minimum atomic E-state index is -0.846. The lowest BCUT2D eigenvalue weighted by Crippen LogP contribution is -2.40. The summed E-state index contributed by atoms with van der Waals surface area (Å²) in [6, 6.07) is 9.25. The number of aromatic nitrogens is 2. The highest BCUT2D eigenvalue weighted by atomic mass is 16.2. The lowest BCUT2D eigenvalue weighted by atomic mass is 10.1. The van der Waals surface area contributed by atoms with E-state index in [-0.39, 0.29) is 5.91 Å². The summed E-state index contributed by atoms with van der Waals surface area (Å²) in [5.74, 6) is -0.918. The zero-order chi connectivity index (χ0) is 14.5. The average Bonchev–Trinajstić information content (AvgIpc) is 2.98. The first kappa shape index (κ1) is 13.8. The molecule has 2 rings (SSSR count). The Labute approximate surface area is 116 Å². The van der Waals surface area contributed by atoms with Gasteiger partial charge in [-0.1, -0.05) is 30.3 Å². The Morgan fingerprint density at radius 1 is 1.25 bits per heavy atom. The largest absolute Gasteiger partial charge is 0.368 e. The van der Waals surface area contributed by atoms with Crippen molar-refractivity contribution in [2.75, 3.05) is 0 Å². The number of benzene rings is 1. The Morgan fingerprint density at radius 2 is 1.95 bits per heavy atom. The van der Waals surface area contributed by atoms with Crippen LogP contribution in [0.3, 0.4) is 0 Å². The van der Waals surface area contributed by atoms with Gasteiger partial charge in [0.25, 0.3) is 0 Å². The molecule has 1 heterocycles. The first-order valence-corrected chi connectivity index (χ1v) is 6.23. The molecular formula is C14H16N4O2. The van der Waals surface area contributed by atoms with E-state index >= 15 is 0 Å². The van der Waals surface area contributed by atoms with Crippen LogP contribution in [0, 0.1) is 0 Å². The second-order valence-corrected chi connectivity index (χ2v) is 4.42. The van der Waals surface area contributed by atoms with Crippen LogP contribution in [0.25, 0.3) is 0 Å². The van der Waals surface area contributed by atoms with Crippen LogP contribution in [0.5, 0.6) is 0 Å². The van der Waals surface area contributed by atoms with Gasteiger partial charge in [0.1, 0.15) is 12.1 Å². The van der Waals surface area contributed by atoms with Crippen molar-refractivity contribution in [3.63, 3.8) is 0 Å². The minimum Gasteiger partial charge on any atom is -0.368 e. The monoisotopic (exact) mass is 272 g/mol. The third-order valence-corrected chi connectivity index (χ3v) is 3.01. The predicted molar refractivity (Wildman–Crippen MR) is 73.5 cm³/mol. The summed E-state index contributed by atoms with van der Waals surface area (Å²) in [5.41, 5.74) is 6.01. The van der Waals surface area contributed by atoms with Crippen molar-refractivity contribution < 1.29 is 9.59 Å². The first-order chi connectivity index (χ1) is 9.59. The summed E-state index contributed by atoms with van der Waals surface area (Å²) >= 11 is 0. The Balaban J connectivity index is 2.13. The van der Waals surface area contributed by atoms with Crippen LogP contribution in [0.1, 0.15) is 24.6 Å². The van der Waals surface area contributed by atoms with Crippen LogP contribution in [0.15, 0.2) is 48.8 Å². The molecule has 0 saturated carbocycles. The maximum atomic E-state index is 12.1. The second-order valence-electron chi connectivity index (χ2n) is 4.42. The van der Waals surface area contributed by atoms with Crippen LogP contribution in [0.2, 0.25) is 0 Å². The topological polar surface area (TPSA) is 90.0 Å². The number of carbonyl (C=O) groups is 2. The molecule has 1 aromatic heterocycles. The number of hydrogen-bond donors (Lipinski definition) is 2. The summed E-state index contributed by atoms with van der Waals surface area (Å²) in [6.45, 7) is 1.70. The fourth-order valence-corrected chi connectivity index (χ4v) is 1.86. The van der Waals surface area contributed by atoms with Gasteiger partial charge in [0, 0.05) is 12.4 Å². The van der Waals surface area contributed by atoms with E-state index in [9.17, 15) is 9.59 Å². The molecule has 0 spiro atoms. The maximum Gasteiger partial charge on any atom is 0.245 e. The van der Waals surface area contributed by atoms with E-state index in [1.54, 1.807) is 49.6 Å². The molecule has 0 aliphatic carbocycles. The molecule has 3 N–H and O–H groups in total. The zero-order valence-corrected chi connectivity index (χ0v) is 11.1. The lowest BCUT2D eigenvalue weighted by molar-refractivity contribution is -0.129. The summed E-state index contributed by atoms with van der Waals surface area (Å²) < 4.78 is 1.51. The van der Waals surface area contributed by atoms with Gasteiger partial charge in [0.15, 0.2) is 0 Å². The molecule has 0 bridgehead atoms. The Hall–Kier alpha value is -2.63. The zero-order valence-electron chi connectivity index (χ0n) is 11.1. The average molecular weight is 272 g/mol. The maximum absolute atomic E-state index is 12.1. The molecule has 0 saturated heterocycles. The van der Waals surface area contributed by atoms with E-state index in [1.807, 2.05) is 6.07 Å². The van der Waals surface area contributed by atoms with E-state index < -0.39 is 18.0 Å². The van der Waals surface area contributed by atoms with Crippen LogP contribution in [-0.2, 0) is 9.59 Å². The van der Waals surface area contributed by atoms with E-state index in [0.717, 1.165) is 0 Å². The SMILES string of the molecule is CC(C(=O)NC(C(N)=O)c1ccccc1)n1cccn1. The number of rotatable bonds is 5. The van der Waals surface area contributed by atoms with Crippen molar-refractivity contribution in [2.24, 2.45) is 5.73 Å². The molecule has 1 aromatic carbocycles. The van der Waals surface area contributed by atoms with Crippen LogP contribution in [0.4, 0.5) is 0 Å². The molecule has 6 nitrogen and oxygen atoms in total. The summed E-state index contributed by atoms with van der Waals surface area (Å²) in [5, 5.41) is 6.65. The molecule has 2 atom stereocenters. The Kier molecular flexibility index (Phi) is 4.14. The minimum absolute atomic E-state index is 0.318. The third kappa shape index (κ3) is 3.03. The number of amides is 2. The fourth-order valence-electron chi connectivity index (χ4n) is 1.86.